The van der Waals surface area contributed by atoms with Gasteiger partial charge in [0.15, 0.2) is 5.13 Å². The molecule has 0 aliphatic carbocycles. The number of carbonyl (C=O) groups excluding carboxylic acids is 1. The molecule has 10 heteroatoms. The van der Waals surface area contributed by atoms with Crippen LogP contribution in [0.3, 0.4) is 0 Å². The fourth-order valence-corrected chi connectivity index (χ4v) is 4.09. The summed E-state index contributed by atoms with van der Waals surface area (Å²) in [5.74, 6) is -0.230. The Kier molecular flexibility index (Phi) is 7.46. The number of carbonyl (C=O) groups is 1. The molecule has 1 aromatic heterocycles. The standard InChI is InChI=1S/C18H21ClFN3O3S2/c1-10(2)26-17(24)22-16-21-9-14(27-16)15(23-28(25)18(3,4)5)12-7-6-11(20)8-13(12)19/h6-9,15,23H,1H2,2-5H3,(H,21,22,24)/t15?,28-/m0/s1. The summed E-state index contributed by atoms with van der Waals surface area (Å²) in [5, 5.41) is 2.97. The van der Waals surface area contributed by atoms with Gasteiger partial charge in [0.1, 0.15) is 16.6 Å². The molecule has 0 aliphatic heterocycles. The SMILES string of the molecule is C=C(C)OC(=O)Nc1ncc(C(N[S@@+]([O-])C(C)(C)C)c2ccc(F)cc2Cl)s1. The lowest BCUT2D eigenvalue weighted by molar-refractivity contribution is 0.192. The molecule has 0 spiro atoms. The lowest BCUT2D eigenvalue weighted by atomic mass is 10.1. The molecule has 0 saturated carbocycles. The largest absolute Gasteiger partial charge is 0.598 e. The van der Waals surface area contributed by atoms with E-state index in [2.05, 4.69) is 21.6 Å². The Hall–Kier alpha value is -1.65. The van der Waals surface area contributed by atoms with E-state index in [9.17, 15) is 13.7 Å². The molecular weight excluding hydrogens is 425 g/mol. The van der Waals surface area contributed by atoms with Gasteiger partial charge in [-0.15, -0.1) is 4.72 Å². The molecule has 2 rings (SSSR count). The Balaban J connectivity index is 2.34. The molecule has 28 heavy (non-hydrogen) atoms. The summed E-state index contributed by atoms with van der Waals surface area (Å²) >= 11 is 5.94. The van der Waals surface area contributed by atoms with Crippen LogP contribution in [0.4, 0.5) is 14.3 Å². The van der Waals surface area contributed by atoms with E-state index in [0.717, 1.165) is 11.3 Å². The molecule has 152 valence electrons. The van der Waals surface area contributed by atoms with Gasteiger partial charge in [-0.25, -0.2) is 14.2 Å². The molecule has 6 nitrogen and oxygen atoms in total. The molecule has 1 amide bonds. The van der Waals surface area contributed by atoms with Crippen LogP contribution in [0.1, 0.15) is 44.2 Å². The normalized spacial score (nSPS) is 13.7. The molecule has 0 radical (unpaired) electrons. The average molecular weight is 446 g/mol. The van der Waals surface area contributed by atoms with E-state index in [4.69, 9.17) is 16.3 Å². The molecule has 1 unspecified atom stereocenters. The van der Waals surface area contributed by atoms with Crippen LogP contribution < -0.4 is 10.0 Å². The van der Waals surface area contributed by atoms with Crippen LogP contribution in [0, 0.1) is 5.82 Å². The van der Waals surface area contributed by atoms with Crippen molar-refractivity contribution in [3.05, 3.63) is 58.0 Å². The zero-order chi connectivity index (χ0) is 21.1. The van der Waals surface area contributed by atoms with E-state index in [-0.39, 0.29) is 15.9 Å². The molecule has 0 aliphatic rings. The van der Waals surface area contributed by atoms with Gasteiger partial charge in [-0.2, -0.15) is 0 Å². The Labute approximate surface area is 175 Å². The lowest BCUT2D eigenvalue weighted by Crippen LogP contribution is -2.41. The maximum atomic E-state index is 13.5. The fraction of sp³-hybridized carbons (Fsp3) is 0.333. The van der Waals surface area contributed by atoms with E-state index in [1.54, 1.807) is 6.92 Å². The van der Waals surface area contributed by atoms with E-state index in [0.29, 0.717) is 10.4 Å². The van der Waals surface area contributed by atoms with Gasteiger partial charge in [0.25, 0.3) is 0 Å². The van der Waals surface area contributed by atoms with Crippen LogP contribution in [-0.4, -0.2) is 20.4 Å². The summed E-state index contributed by atoms with van der Waals surface area (Å²) in [7, 11) is 0. The molecule has 1 aromatic carbocycles. The van der Waals surface area contributed by atoms with E-state index < -0.39 is 34.1 Å². The van der Waals surface area contributed by atoms with Crippen LogP contribution in [0.15, 0.2) is 36.7 Å². The zero-order valence-corrected chi connectivity index (χ0v) is 18.2. The van der Waals surface area contributed by atoms with Gasteiger partial charge in [0.2, 0.25) is 0 Å². The van der Waals surface area contributed by atoms with Gasteiger partial charge >= 0.3 is 6.09 Å². The van der Waals surface area contributed by atoms with Crippen LogP contribution in [0.5, 0.6) is 0 Å². The third-order valence-electron chi connectivity index (χ3n) is 3.34. The van der Waals surface area contributed by atoms with E-state index in [1.807, 2.05) is 20.8 Å². The number of anilines is 1. The number of allylic oxidation sites excluding steroid dienone is 1. The third-order valence-corrected chi connectivity index (χ3v) is 6.21. The summed E-state index contributed by atoms with van der Waals surface area (Å²) in [6.45, 7) is 10.5. The van der Waals surface area contributed by atoms with Crippen molar-refractivity contribution in [2.24, 2.45) is 0 Å². The van der Waals surface area contributed by atoms with Crippen LogP contribution >= 0.6 is 22.9 Å². The summed E-state index contributed by atoms with van der Waals surface area (Å²) in [4.78, 5) is 16.5. The highest BCUT2D eigenvalue weighted by Gasteiger charge is 2.32. The molecule has 2 aromatic rings. The van der Waals surface area contributed by atoms with Gasteiger partial charge in [0.05, 0.1) is 10.6 Å². The van der Waals surface area contributed by atoms with Crippen molar-refractivity contribution < 1.29 is 18.5 Å². The minimum Gasteiger partial charge on any atom is -0.598 e. The summed E-state index contributed by atoms with van der Waals surface area (Å²) in [6, 6.07) is 3.38. The predicted octanol–water partition coefficient (Wildman–Crippen LogP) is 5.16. The minimum absolute atomic E-state index is 0.188. The van der Waals surface area contributed by atoms with Gasteiger partial charge in [-0.05, 0) is 45.4 Å². The molecule has 0 saturated heterocycles. The van der Waals surface area contributed by atoms with Gasteiger partial charge in [-0.1, -0.05) is 35.6 Å². The maximum Gasteiger partial charge on any atom is 0.418 e. The molecule has 2 atom stereocenters. The quantitative estimate of drug-likeness (QED) is 0.473. The first-order valence-electron chi connectivity index (χ1n) is 8.20. The minimum atomic E-state index is -1.44. The summed E-state index contributed by atoms with van der Waals surface area (Å²) < 4.78 is 33.5. The number of aromatic nitrogens is 1. The molecule has 0 fully saturated rings. The van der Waals surface area contributed by atoms with Gasteiger partial charge in [-0.3, -0.25) is 5.32 Å². The van der Waals surface area contributed by atoms with Crippen molar-refractivity contribution in [2.75, 3.05) is 5.32 Å². The number of halogens is 2. The van der Waals surface area contributed by atoms with Crippen molar-refractivity contribution in [3.63, 3.8) is 0 Å². The zero-order valence-electron chi connectivity index (χ0n) is 15.8. The summed E-state index contributed by atoms with van der Waals surface area (Å²) in [5.41, 5.74) is 0.542. The average Bonchev–Trinajstić information content (AvgIpc) is 2.99. The molecule has 2 N–H and O–H groups in total. The van der Waals surface area contributed by atoms with Crippen LogP contribution in [0.2, 0.25) is 5.02 Å². The number of nitrogens with zero attached hydrogens (tertiary/aromatic N) is 1. The topological polar surface area (TPSA) is 86.3 Å². The molecule has 1 heterocycles. The van der Waals surface area contributed by atoms with Crippen molar-refractivity contribution in [1.29, 1.82) is 0 Å². The van der Waals surface area contributed by atoms with Crippen LogP contribution in [-0.2, 0) is 16.1 Å². The number of ether oxygens (including phenoxy) is 1. The number of nitrogens with one attached hydrogen (secondary N) is 2. The highest BCUT2D eigenvalue weighted by Crippen LogP contribution is 2.35. The number of hydrogen-bond acceptors (Lipinski definition) is 6. The number of benzene rings is 1. The number of amides is 1. The monoisotopic (exact) mass is 445 g/mol. The Bertz CT molecular complexity index is 870. The van der Waals surface area contributed by atoms with E-state index in [1.165, 1.54) is 24.4 Å². The van der Waals surface area contributed by atoms with Crippen molar-refractivity contribution in [2.45, 2.75) is 38.5 Å². The maximum absolute atomic E-state index is 13.5. The van der Waals surface area contributed by atoms with Gasteiger partial charge < -0.3 is 9.29 Å². The van der Waals surface area contributed by atoms with Crippen molar-refractivity contribution >= 4 is 45.5 Å². The second-order valence-corrected chi connectivity index (χ2v) is 10.3. The number of rotatable bonds is 6. The van der Waals surface area contributed by atoms with Crippen molar-refractivity contribution in [1.82, 2.24) is 9.71 Å². The Morgan fingerprint density at radius 2 is 2.14 bits per heavy atom. The van der Waals surface area contributed by atoms with Crippen LogP contribution in [0.25, 0.3) is 0 Å². The summed E-state index contributed by atoms with van der Waals surface area (Å²) in [6.07, 6.45) is 0.814. The smallest absolute Gasteiger partial charge is 0.418 e. The predicted molar refractivity (Wildman–Crippen MR) is 111 cm³/mol. The molecule has 0 bridgehead atoms. The highest BCUT2D eigenvalue weighted by atomic mass is 35.5. The second kappa shape index (κ2) is 9.23. The number of thiazole rings is 1. The third kappa shape index (κ3) is 6.18. The first-order valence-corrected chi connectivity index (χ1v) is 10.5. The highest BCUT2D eigenvalue weighted by molar-refractivity contribution is 7.90. The van der Waals surface area contributed by atoms with Gasteiger partial charge in [0, 0.05) is 22.6 Å². The van der Waals surface area contributed by atoms with Crippen molar-refractivity contribution in [3.8, 4) is 0 Å². The Morgan fingerprint density at radius 1 is 1.46 bits per heavy atom. The molecular formula is C18H21ClFN3O3S2. The van der Waals surface area contributed by atoms with E-state index >= 15 is 0 Å². The second-order valence-electron chi connectivity index (χ2n) is 6.88. The lowest BCUT2D eigenvalue weighted by Gasteiger charge is -2.28. The number of hydrogen-bond donors (Lipinski definition) is 2. The first kappa shape index (κ1) is 22.6. The first-order chi connectivity index (χ1) is 13.0. The fourth-order valence-electron chi connectivity index (χ4n) is 2.04. The Morgan fingerprint density at radius 3 is 2.71 bits per heavy atom.